The molecule has 0 aliphatic heterocycles. The minimum absolute atomic E-state index is 0.00688. The van der Waals surface area contributed by atoms with Crippen LogP contribution < -0.4 is 5.56 Å². The molecule has 2 aromatic heterocycles. The van der Waals surface area contributed by atoms with Crippen LogP contribution in [0.15, 0.2) is 58.3 Å². The molecular formula is C22H18N4O2S2. The van der Waals surface area contributed by atoms with Gasteiger partial charge in [0.05, 0.1) is 10.6 Å². The van der Waals surface area contributed by atoms with Crippen molar-refractivity contribution in [1.29, 1.82) is 0 Å². The molecule has 4 rings (SSSR count). The predicted octanol–water partition coefficient (Wildman–Crippen LogP) is 5.30. The number of aliphatic imine (C=N–C) groups is 1. The maximum Gasteiger partial charge on any atom is 0.264 e. The summed E-state index contributed by atoms with van der Waals surface area (Å²) in [6.45, 7) is 4.08. The van der Waals surface area contributed by atoms with Crippen LogP contribution in [-0.2, 0) is 0 Å². The van der Waals surface area contributed by atoms with Crippen molar-refractivity contribution in [3.05, 3.63) is 80.3 Å². The molecule has 0 spiro atoms. The molecule has 0 fully saturated rings. The molecule has 0 unspecified atom stereocenters. The molecule has 8 heteroatoms. The van der Waals surface area contributed by atoms with Crippen LogP contribution in [0.3, 0.4) is 0 Å². The van der Waals surface area contributed by atoms with Crippen molar-refractivity contribution < 1.29 is 5.11 Å². The Bertz CT molecular complexity index is 1280. The maximum absolute atomic E-state index is 12.1. The van der Waals surface area contributed by atoms with Gasteiger partial charge in [0.25, 0.3) is 5.56 Å². The van der Waals surface area contributed by atoms with Gasteiger partial charge in [0.1, 0.15) is 5.56 Å². The monoisotopic (exact) mass is 434 g/mol. The third kappa shape index (κ3) is 4.14. The van der Waals surface area contributed by atoms with Gasteiger partial charge in [-0.15, -0.1) is 0 Å². The second kappa shape index (κ2) is 8.17. The van der Waals surface area contributed by atoms with Gasteiger partial charge in [-0.25, -0.2) is 9.98 Å². The average molecular weight is 435 g/mol. The van der Waals surface area contributed by atoms with E-state index in [2.05, 4.69) is 39.2 Å². The number of aromatic nitrogens is 3. The molecule has 30 heavy (non-hydrogen) atoms. The fourth-order valence-electron chi connectivity index (χ4n) is 2.90. The van der Waals surface area contributed by atoms with Gasteiger partial charge in [0, 0.05) is 11.8 Å². The van der Waals surface area contributed by atoms with Gasteiger partial charge >= 0.3 is 0 Å². The first kappa shape index (κ1) is 19.9. The SMILES string of the molecule is Cc1ccc(-c2nc(/N=C/c3c(O)[nH]c(=S)[nH]c3=O)sc2-c2ccc(C)cc2)cc1. The molecule has 4 aromatic rings. The highest BCUT2D eigenvalue weighted by Crippen LogP contribution is 2.40. The van der Waals surface area contributed by atoms with Gasteiger partial charge < -0.3 is 10.1 Å². The Labute approximate surface area is 181 Å². The lowest BCUT2D eigenvalue weighted by atomic mass is 10.0. The number of aromatic hydroxyl groups is 1. The second-order valence-corrected chi connectivity index (χ2v) is 8.22. The summed E-state index contributed by atoms with van der Waals surface area (Å²) < 4.78 is 0.0483. The summed E-state index contributed by atoms with van der Waals surface area (Å²) in [7, 11) is 0. The van der Waals surface area contributed by atoms with E-state index in [0.29, 0.717) is 5.13 Å². The van der Waals surface area contributed by atoms with Crippen LogP contribution in [0.1, 0.15) is 16.7 Å². The topological polar surface area (TPSA) is 94.1 Å². The lowest BCUT2D eigenvalue weighted by molar-refractivity contribution is 0.449. The number of hydrogen-bond acceptors (Lipinski definition) is 6. The van der Waals surface area contributed by atoms with E-state index in [9.17, 15) is 9.90 Å². The Balaban J connectivity index is 1.81. The first-order valence-electron chi connectivity index (χ1n) is 9.15. The molecule has 0 aliphatic carbocycles. The highest BCUT2D eigenvalue weighted by molar-refractivity contribution is 7.71. The van der Waals surface area contributed by atoms with E-state index in [1.54, 1.807) is 0 Å². The molecule has 0 radical (unpaired) electrons. The lowest BCUT2D eigenvalue weighted by Crippen LogP contribution is -2.13. The number of aryl methyl sites for hydroxylation is 2. The van der Waals surface area contributed by atoms with E-state index in [4.69, 9.17) is 17.2 Å². The van der Waals surface area contributed by atoms with Crippen molar-refractivity contribution in [3.63, 3.8) is 0 Å². The van der Waals surface area contributed by atoms with Crippen LogP contribution in [0.2, 0.25) is 0 Å². The van der Waals surface area contributed by atoms with Crippen LogP contribution in [0.5, 0.6) is 5.88 Å². The van der Waals surface area contributed by atoms with Gasteiger partial charge in [-0.05, 0) is 31.6 Å². The average Bonchev–Trinajstić information content (AvgIpc) is 3.12. The van der Waals surface area contributed by atoms with Crippen LogP contribution >= 0.6 is 23.6 Å². The normalized spacial score (nSPS) is 11.3. The van der Waals surface area contributed by atoms with Gasteiger partial charge in [-0.1, -0.05) is 71.0 Å². The highest BCUT2D eigenvalue weighted by Gasteiger charge is 2.15. The van der Waals surface area contributed by atoms with Crippen LogP contribution in [-0.4, -0.2) is 26.3 Å². The van der Waals surface area contributed by atoms with E-state index in [1.807, 2.05) is 38.1 Å². The molecule has 3 N–H and O–H groups in total. The molecule has 2 aromatic carbocycles. The lowest BCUT2D eigenvalue weighted by Gasteiger charge is -2.04. The minimum Gasteiger partial charge on any atom is -0.494 e. The van der Waals surface area contributed by atoms with Crippen LogP contribution in [0.25, 0.3) is 21.7 Å². The number of hydrogen-bond donors (Lipinski definition) is 3. The van der Waals surface area contributed by atoms with Crippen molar-refractivity contribution in [2.75, 3.05) is 0 Å². The quantitative estimate of drug-likeness (QED) is 0.300. The van der Waals surface area contributed by atoms with Crippen molar-refractivity contribution in [3.8, 4) is 27.6 Å². The largest absolute Gasteiger partial charge is 0.494 e. The molecule has 0 saturated carbocycles. The fraction of sp³-hybridized carbons (Fsp3) is 0.0909. The van der Waals surface area contributed by atoms with Crippen molar-refractivity contribution in [1.82, 2.24) is 15.0 Å². The summed E-state index contributed by atoms with van der Waals surface area (Å²) >= 11 is 6.26. The van der Waals surface area contributed by atoms with E-state index in [1.165, 1.54) is 28.7 Å². The fourth-order valence-corrected chi connectivity index (χ4v) is 4.02. The van der Waals surface area contributed by atoms with E-state index in [-0.39, 0.29) is 16.2 Å². The number of aromatic amines is 2. The standard InChI is InChI=1S/C22H18N4O2S2/c1-12-3-7-14(8-4-12)17-18(15-9-5-13(2)6-10-15)30-22(24-17)23-11-16-19(27)25-21(29)26-20(16)28/h3-11H,1-2H3,(H3,25,26,27,28,29)/b23-11+. The number of rotatable bonds is 4. The van der Waals surface area contributed by atoms with E-state index < -0.39 is 5.56 Å². The van der Waals surface area contributed by atoms with Crippen LogP contribution in [0, 0.1) is 18.6 Å². The molecule has 0 amide bonds. The Morgan fingerprint density at radius 3 is 2.20 bits per heavy atom. The van der Waals surface area contributed by atoms with E-state index >= 15 is 0 Å². The number of nitrogens with zero attached hydrogens (tertiary/aromatic N) is 2. The molecule has 0 saturated heterocycles. The van der Waals surface area contributed by atoms with Crippen LogP contribution in [0.4, 0.5) is 5.13 Å². The van der Waals surface area contributed by atoms with E-state index in [0.717, 1.165) is 21.7 Å². The summed E-state index contributed by atoms with van der Waals surface area (Å²) in [5.74, 6) is -0.332. The first-order chi connectivity index (χ1) is 14.4. The number of thiazole rings is 1. The zero-order valence-corrected chi connectivity index (χ0v) is 17.9. The molecule has 150 valence electrons. The van der Waals surface area contributed by atoms with Gasteiger partial charge in [-0.2, -0.15) is 0 Å². The van der Waals surface area contributed by atoms with Gasteiger partial charge in [-0.3, -0.25) is 9.78 Å². The first-order valence-corrected chi connectivity index (χ1v) is 10.4. The van der Waals surface area contributed by atoms with Gasteiger partial charge in [0.2, 0.25) is 11.0 Å². The number of H-pyrrole nitrogens is 2. The third-order valence-corrected chi connectivity index (χ3v) is 5.73. The summed E-state index contributed by atoms with van der Waals surface area (Å²) in [5, 5.41) is 10.4. The predicted molar refractivity (Wildman–Crippen MR) is 124 cm³/mol. The molecular weight excluding hydrogens is 416 g/mol. The Morgan fingerprint density at radius 2 is 1.60 bits per heavy atom. The zero-order chi connectivity index (χ0) is 21.3. The summed E-state index contributed by atoms with van der Waals surface area (Å²) in [6.07, 6.45) is 1.29. The minimum atomic E-state index is -0.519. The molecule has 0 aliphatic rings. The summed E-state index contributed by atoms with van der Waals surface area (Å²) in [5.41, 5.74) is 4.66. The Kier molecular flexibility index (Phi) is 5.43. The molecule has 0 bridgehead atoms. The zero-order valence-electron chi connectivity index (χ0n) is 16.3. The molecule has 0 atom stereocenters. The number of nitrogens with one attached hydrogen (secondary N) is 2. The third-order valence-electron chi connectivity index (χ3n) is 4.52. The molecule has 2 heterocycles. The Morgan fingerprint density at radius 1 is 1.00 bits per heavy atom. The number of benzene rings is 2. The van der Waals surface area contributed by atoms with Crippen molar-refractivity contribution in [2.24, 2.45) is 4.99 Å². The highest BCUT2D eigenvalue weighted by atomic mass is 32.1. The van der Waals surface area contributed by atoms with Crippen molar-refractivity contribution in [2.45, 2.75) is 13.8 Å². The van der Waals surface area contributed by atoms with Gasteiger partial charge in [0.15, 0.2) is 4.77 Å². The second-order valence-electron chi connectivity index (χ2n) is 6.83. The summed E-state index contributed by atoms with van der Waals surface area (Å²) in [6, 6.07) is 16.4. The smallest absolute Gasteiger partial charge is 0.264 e. The molecule has 6 nitrogen and oxygen atoms in total. The van der Waals surface area contributed by atoms with Crippen molar-refractivity contribution >= 4 is 34.9 Å². The Hall–Kier alpha value is -3.36. The maximum atomic E-state index is 12.1. The summed E-state index contributed by atoms with van der Waals surface area (Å²) in [4.78, 5) is 27.0.